The number of halogens is 2. The molecule has 2 rings (SSSR count). The van der Waals surface area contributed by atoms with Crippen molar-refractivity contribution in [3.05, 3.63) is 41.7 Å². The monoisotopic (exact) mass is 250 g/mol. The van der Waals surface area contributed by atoms with Gasteiger partial charge in [-0.1, -0.05) is 6.92 Å². The van der Waals surface area contributed by atoms with Crippen LogP contribution in [-0.4, -0.2) is 9.97 Å². The highest BCUT2D eigenvalue weighted by Gasteiger charge is 2.08. The van der Waals surface area contributed by atoms with E-state index in [0.29, 0.717) is 23.7 Å². The first-order valence-corrected chi connectivity index (χ1v) is 5.43. The van der Waals surface area contributed by atoms with Crippen LogP contribution in [0.2, 0.25) is 0 Å². The van der Waals surface area contributed by atoms with E-state index >= 15 is 0 Å². The first-order valence-electron chi connectivity index (χ1n) is 5.43. The van der Waals surface area contributed by atoms with Crippen LogP contribution in [0.4, 0.5) is 26.1 Å². The van der Waals surface area contributed by atoms with E-state index in [-0.39, 0.29) is 0 Å². The topological polar surface area (TPSA) is 63.8 Å². The molecule has 0 saturated carbocycles. The van der Waals surface area contributed by atoms with Gasteiger partial charge in [-0.3, -0.25) is 0 Å². The van der Waals surface area contributed by atoms with Gasteiger partial charge in [-0.2, -0.15) is 0 Å². The first-order chi connectivity index (χ1) is 8.61. The highest BCUT2D eigenvalue weighted by molar-refractivity contribution is 5.63. The molecule has 0 unspecified atom stereocenters. The second kappa shape index (κ2) is 4.95. The summed E-state index contributed by atoms with van der Waals surface area (Å²) in [6, 6.07) is 3.54. The van der Waals surface area contributed by atoms with Crippen LogP contribution in [0.5, 0.6) is 0 Å². The van der Waals surface area contributed by atoms with E-state index in [1.807, 2.05) is 6.92 Å². The molecule has 0 amide bonds. The summed E-state index contributed by atoms with van der Waals surface area (Å²) in [5.74, 6) is -0.938. The van der Waals surface area contributed by atoms with Crippen LogP contribution in [0.25, 0.3) is 0 Å². The van der Waals surface area contributed by atoms with Crippen molar-refractivity contribution in [2.75, 3.05) is 11.1 Å². The van der Waals surface area contributed by atoms with Crippen molar-refractivity contribution in [3.63, 3.8) is 0 Å². The van der Waals surface area contributed by atoms with Crippen molar-refractivity contribution in [2.45, 2.75) is 13.3 Å². The molecule has 94 valence electrons. The van der Waals surface area contributed by atoms with Crippen molar-refractivity contribution >= 4 is 17.3 Å². The molecule has 0 aliphatic rings. The highest BCUT2D eigenvalue weighted by atomic mass is 19.2. The van der Waals surface area contributed by atoms with Gasteiger partial charge in [0, 0.05) is 17.3 Å². The standard InChI is InChI=1S/C12H12F2N4/c1-2-8-11(15)16-6-17-12(8)18-7-3-4-9(13)10(14)5-7/h3-6H,2H2,1H3,(H3,15,16,17,18). The van der Waals surface area contributed by atoms with Crippen molar-refractivity contribution in [1.29, 1.82) is 0 Å². The number of nitrogen functional groups attached to an aromatic ring is 1. The fraction of sp³-hybridized carbons (Fsp3) is 0.167. The van der Waals surface area contributed by atoms with Crippen molar-refractivity contribution in [3.8, 4) is 0 Å². The molecule has 0 aliphatic carbocycles. The molecule has 1 aromatic heterocycles. The van der Waals surface area contributed by atoms with Crippen LogP contribution in [0.3, 0.4) is 0 Å². The van der Waals surface area contributed by atoms with E-state index in [1.54, 1.807) is 0 Å². The Labute approximate surface area is 103 Å². The Balaban J connectivity index is 2.34. The summed E-state index contributed by atoms with van der Waals surface area (Å²) in [6.07, 6.45) is 1.95. The summed E-state index contributed by atoms with van der Waals surface area (Å²) in [4.78, 5) is 7.92. The van der Waals surface area contributed by atoms with Crippen LogP contribution in [0.1, 0.15) is 12.5 Å². The van der Waals surface area contributed by atoms with Crippen molar-refractivity contribution in [1.82, 2.24) is 9.97 Å². The number of aromatic nitrogens is 2. The number of nitrogens with two attached hydrogens (primary N) is 1. The molecule has 0 spiro atoms. The van der Waals surface area contributed by atoms with Gasteiger partial charge < -0.3 is 11.1 Å². The molecule has 6 heteroatoms. The summed E-state index contributed by atoms with van der Waals surface area (Å²) < 4.78 is 25.9. The minimum absolute atomic E-state index is 0.373. The maximum atomic E-state index is 13.1. The zero-order valence-corrected chi connectivity index (χ0v) is 9.74. The van der Waals surface area contributed by atoms with E-state index in [2.05, 4.69) is 15.3 Å². The number of hydrogen-bond acceptors (Lipinski definition) is 4. The predicted octanol–water partition coefficient (Wildman–Crippen LogP) is 2.64. The van der Waals surface area contributed by atoms with Crippen LogP contribution < -0.4 is 11.1 Å². The van der Waals surface area contributed by atoms with Gasteiger partial charge in [-0.15, -0.1) is 0 Å². The van der Waals surface area contributed by atoms with E-state index in [4.69, 9.17) is 5.73 Å². The molecule has 18 heavy (non-hydrogen) atoms. The maximum absolute atomic E-state index is 13.1. The maximum Gasteiger partial charge on any atom is 0.160 e. The number of nitrogens with zero attached hydrogens (tertiary/aromatic N) is 2. The summed E-state index contributed by atoms with van der Waals surface area (Å²) in [5.41, 5.74) is 6.86. The van der Waals surface area contributed by atoms with Crippen molar-refractivity contribution in [2.24, 2.45) is 0 Å². The molecule has 0 bridgehead atoms. The van der Waals surface area contributed by atoms with Crippen LogP contribution >= 0.6 is 0 Å². The van der Waals surface area contributed by atoms with Gasteiger partial charge in [0.05, 0.1) is 0 Å². The molecule has 3 N–H and O–H groups in total. The Morgan fingerprint density at radius 2 is 2.00 bits per heavy atom. The van der Waals surface area contributed by atoms with E-state index in [1.165, 1.54) is 12.4 Å². The van der Waals surface area contributed by atoms with Gasteiger partial charge in [0.15, 0.2) is 11.6 Å². The normalized spacial score (nSPS) is 10.4. The number of rotatable bonds is 3. The molecule has 1 aromatic carbocycles. The quantitative estimate of drug-likeness (QED) is 0.879. The molecule has 0 atom stereocenters. The van der Waals surface area contributed by atoms with Gasteiger partial charge in [-0.25, -0.2) is 18.7 Å². The lowest BCUT2D eigenvalue weighted by Crippen LogP contribution is -2.04. The lowest BCUT2D eigenvalue weighted by Gasteiger charge is -2.11. The summed E-state index contributed by atoms with van der Waals surface area (Å²) >= 11 is 0. The Morgan fingerprint density at radius 3 is 2.67 bits per heavy atom. The predicted molar refractivity (Wildman–Crippen MR) is 65.5 cm³/mol. The molecule has 0 fully saturated rings. The molecular formula is C12H12F2N4. The third-order valence-electron chi connectivity index (χ3n) is 2.51. The lowest BCUT2D eigenvalue weighted by molar-refractivity contribution is 0.509. The molecule has 0 saturated heterocycles. The fourth-order valence-electron chi connectivity index (χ4n) is 1.59. The Hall–Kier alpha value is -2.24. The molecule has 4 nitrogen and oxygen atoms in total. The van der Waals surface area contributed by atoms with E-state index in [0.717, 1.165) is 17.7 Å². The van der Waals surface area contributed by atoms with Gasteiger partial charge in [0.1, 0.15) is 18.0 Å². The minimum Gasteiger partial charge on any atom is -0.383 e. The summed E-state index contributed by atoms with van der Waals surface area (Å²) in [5, 5.41) is 2.89. The fourth-order valence-corrected chi connectivity index (χ4v) is 1.59. The summed E-state index contributed by atoms with van der Waals surface area (Å²) in [6.45, 7) is 1.91. The number of hydrogen-bond donors (Lipinski definition) is 2. The highest BCUT2D eigenvalue weighted by Crippen LogP contribution is 2.23. The molecule has 0 aliphatic heterocycles. The zero-order chi connectivity index (χ0) is 13.1. The number of benzene rings is 1. The largest absolute Gasteiger partial charge is 0.383 e. The third kappa shape index (κ3) is 2.37. The zero-order valence-electron chi connectivity index (χ0n) is 9.74. The first kappa shape index (κ1) is 12.2. The van der Waals surface area contributed by atoms with Crippen LogP contribution in [-0.2, 0) is 6.42 Å². The minimum atomic E-state index is -0.917. The van der Waals surface area contributed by atoms with Crippen LogP contribution in [0, 0.1) is 11.6 Å². The Morgan fingerprint density at radius 1 is 1.22 bits per heavy atom. The number of nitrogens with one attached hydrogen (secondary N) is 1. The Kier molecular flexibility index (Phi) is 3.36. The van der Waals surface area contributed by atoms with Crippen molar-refractivity contribution < 1.29 is 8.78 Å². The van der Waals surface area contributed by atoms with E-state index < -0.39 is 11.6 Å². The molecule has 0 radical (unpaired) electrons. The van der Waals surface area contributed by atoms with Gasteiger partial charge in [0.2, 0.25) is 0 Å². The second-order valence-electron chi connectivity index (χ2n) is 3.69. The van der Waals surface area contributed by atoms with Gasteiger partial charge >= 0.3 is 0 Å². The second-order valence-corrected chi connectivity index (χ2v) is 3.69. The molecule has 1 heterocycles. The van der Waals surface area contributed by atoms with Gasteiger partial charge in [-0.05, 0) is 18.6 Å². The summed E-state index contributed by atoms with van der Waals surface area (Å²) in [7, 11) is 0. The average molecular weight is 250 g/mol. The van der Waals surface area contributed by atoms with Gasteiger partial charge in [0.25, 0.3) is 0 Å². The van der Waals surface area contributed by atoms with E-state index in [9.17, 15) is 8.78 Å². The van der Waals surface area contributed by atoms with Crippen LogP contribution in [0.15, 0.2) is 24.5 Å². The SMILES string of the molecule is CCc1c(N)ncnc1Nc1ccc(F)c(F)c1. The Bertz CT molecular complexity index is 572. The lowest BCUT2D eigenvalue weighted by atomic mass is 10.2. The average Bonchev–Trinajstić information content (AvgIpc) is 2.34. The molecular weight excluding hydrogens is 238 g/mol. The number of anilines is 3. The molecule has 2 aromatic rings. The smallest absolute Gasteiger partial charge is 0.160 e. The third-order valence-corrected chi connectivity index (χ3v) is 2.51.